The molecule has 0 heterocycles. The molecule has 0 saturated carbocycles. The Morgan fingerprint density at radius 3 is 2.33 bits per heavy atom. The molecule has 15 heavy (non-hydrogen) atoms. The van der Waals surface area contributed by atoms with Gasteiger partial charge in [0.2, 0.25) is 0 Å². The lowest BCUT2D eigenvalue weighted by Crippen LogP contribution is -2.32. The molecule has 0 spiro atoms. The first-order valence-corrected chi connectivity index (χ1v) is 7.30. The molecule has 0 bridgehead atoms. The fourth-order valence-corrected chi connectivity index (χ4v) is 2.21. The molecule has 0 radical (unpaired) electrons. The fraction of sp³-hybridized carbons (Fsp3) is 1.00. The van der Waals surface area contributed by atoms with Crippen molar-refractivity contribution in [1.82, 2.24) is 5.48 Å². The van der Waals surface area contributed by atoms with Gasteiger partial charge in [0.15, 0.2) is 0 Å². The minimum absolute atomic E-state index is 0.0963. The zero-order valence-corrected chi connectivity index (χ0v) is 10.8. The molecule has 92 valence electrons. The number of unbranched alkanes of at least 4 members (excludes halogenated alkanes) is 1. The van der Waals surface area contributed by atoms with Crippen molar-refractivity contribution in [2.45, 2.75) is 58.9 Å². The molecular weight excluding hydrogens is 214 g/mol. The standard InChI is InChI=1S/C10H23NO3S/c1-4-7-9-15(12,13)14-11-10(6-3)8-5-2/h10-11H,4-9H2,1-3H3. The van der Waals surface area contributed by atoms with Gasteiger partial charge in [0.1, 0.15) is 0 Å². The van der Waals surface area contributed by atoms with Gasteiger partial charge in [-0.1, -0.05) is 33.6 Å². The highest BCUT2D eigenvalue weighted by atomic mass is 32.2. The van der Waals surface area contributed by atoms with Crippen molar-refractivity contribution in [2.24, 2.45) is 0 Å². The monoisotopic (exact) mass is 237 g/mol. The summed E-state index contributed by atoms with van der Waals surface area (Å²) >= 11 is 0. The normalized spacial score (nSPS) is 14.1. The first kappa shape index (κ1) is 14.9. The highest BCUT2D eigenvalue weighted by Crippen LogP contribution is 2.03. The van der Waals surface area contributed by atoms with Crippen molar-refractivity contribution in [2.75, 3.05) is 5.75 Å². The maximum absolute atomic E-state index is 11.3. The SMILES string of the molecule is CCCCS(=O)(=O)ONC(CC)CCC. The molecule has 0 aromatic carbocycles. The molecule has 1 N–H and O–H groups in total. The molecule has 0 aliphatic rings. The van der Waals surface area contributed by atoms with Gasteiger partial charge in [0, 0.05) is 6.04 Å². The molecule has 0 aromatic heterocycles. The van der Waals surface area contributed by atoms with Gasteiger partial charge in [0.25, 0.3) is 10.1 Å². The summed E-state index contributed by atoms with van der Waals surface area (Å²) in [7, 11) is -3.38. The Labute approximate surface area is 93.5 Å². The van der Waals surface area contributed by atoms with E-state index in [-0.39, 0.29) is 11.8 Å². The van der Waals surface area contributed by atoms with E-state index >= 15 is 0 Å². The predicted octanol–water partition coefficient (Wildman–Crippen LogP) is 2.22. The first-order chi connectivity index (χ1) is 7.05. The number of hydrogen-bond acceptors (Lipinski definition) is 4. The molecule has 0 rings (SSSR count). The van der Waals surface area contributed by atoms with Crippen LogP contribution in [0.4, 0.5) is 0 Å². The van der Waals surface area contributed by atoms with E-state index in [4.69, 9.17) is 4.28 Å². The van der Waals surface area contributed by atoms with Crippen LogP contribution < -0.4 is 5.48 Å². The first-order valence-electron chi connectivity index (χ1n) is 5.72. The maximum Gasteiger partial charge on any atom is 0.283 e. The van der Waals surface area contributed by atoms with Gasteiger partial charge in [-0.05, 0) is 19.3 Å². The minimum Gasteiger partial charge on any atom is -0.198 e. The van der Waals surface area contributed by atoms with Crippen molar-refractivity contribution < 1.29 is 12.7 Å². The van der Waals surface area contributed by atoms with Crippen molar-refractivity contribution in [1.29, 1.82) is 0 Å². The third-order valence-corrected chi connectivity index (χ3v) is 3.36. The molecule has 0 saturated heterocycles. The van der Waals surface area contributed by atoms with Gasteiger partial charge >= 0.3 is 0 Å². The number of nitrogens with one attached hydrogen (secondary N) is 1. The molecule has 4 nitrogen and oxygen atoms in total. The summed E-state index contributed by atoms with van der Waals surface area (Å²) in [6, 6.07) is 0.131. The third kappa shape index (κ3) is 7.76. The second-order valence-corrected chi connectivity index (χ2v) is 5.40. The van der Waals surface area contributed by atoms with E-state index in [2.05, 4.69) is 12.4 Å². The molecule has 1 atom stereocenters. The summed E-state index contributed by atoms with van der Waals surface area (Å²) in [5.41, 5.74) is 2.63. The molecule has 0 aromatic rings. The van der Waals surface area contributed by atoms with Crippen LogP contribution in [-0.2, 0) is 14.4 Å². The Kier molecular flexibility index (Phi) is 8.00. The molecule has 0 fully saturated rings. The second kappa shape index (κ2) is 8.07. The van der Waals surface area contributed by atoms with E-state index in [0.29, 0.717) is 6.42 Å². The van der Waals surface area contributed by atoms with Crippen molar-refractivity contribution >= 4 is 10.1 Å². The predicted molar refractivity (Wildman–Crippen MR) is 61.9 cm³/mol. The lowest BCUT2D eigenvalue weighted by Gasteiger charge is -2.15. The van der Waals surface area contributed by atoms with E-state index in [1.54, 1.807) is 0 Å². The van der Waals surface area contributed by atoms with Crippen LogP contribution in [0.1, 0.15) is 52.9 Å². The smallest absolute Gasteiger partial charge is 0.198 e. The van der Waals surface area contributed by atoms with Crippen LogP contribution in [0.2, 0.25) is 0 Å². The lowest BCUT2D eigenvalue weighted by molar-refractivity contribution is 0.154. The van der Waals surface area contributed by atoms with Crippen LogP contribution in [-0.4, -0.2) is 20.2 Å². The van der Waals surface area contributed by atoms with Gasteiger partial charge < -0.3 is 0 Å². The summed E-state index contributed by atoms with van der Waals surface area (Å²) in [6.07, 6.45) is 4.32. The van der Waals surface area contributed by atoms with E-state index in [9.17, 15) is 8.42 Å². The van der Waals surface area contributed by atoms with Gasteiger partial charge in [-0.15, -0.1) is 0 Å². The van der Waals surface area contributed by atoms with Crippen LogP contribution in [0.5, 0.6) is 0 Å². The Balaban J connectivity index is 3.90. The topological polar surface area (TPSA) is 55.4 Å². The summed E-state index contributed by atoms with van der Waals surface area (Å²) in [4.78, 5) is 0. The lowest BCUT2D eigenvalue weighted by atomic mass is 10.1. The molecule has 0 aliphatic carbocycles. The van der Waals surface area contributed by atoms with E-state index in [0.717, 1.165) is 25.7 Å². The quantitative estimate of drug-likeness (QED) is 0.625. The highest BCUT2D eigenvalue weighted by molar-refractivity contribution is 7.86. The molecule has 5 heteroatoms. The molecule has 0 amide bonds. The van der Waals surface area contributed by atoms with Gasteiger partial charge in [-0.3, -0.25) is 0 Å². The average Bonchev–Trinajstić information content (AvgIpc) is 2.21. The van der Waals surface area contributed by atoms with Crippen LogP contribution in [0.25, 0.3) is 0 Å². The summed E-state index contributed by atoms with van der Waals surface area (Å²) in [6.45, 7) is 6.03. The third-order valence-electron chi connectivity index (χ3n) is 2.22. The average molecular weight is 237 g/mol. The second-order valence-electron chi connectivity index (χ2n) is 3.71. The van der Waals surface area contributed by atoms with E-state index < -0.39 is 10.1 Å². The zero-order valence-electron chi connectivity index (χ0n) is 9.95. The Morgan fingerprint density at radius 2 is 1.87 bits per heavy atom. The van der Waals surface area contributed by atoms with Crippen LogP contribution in [0.15, 0.2) is 0 Å². The van der Waals surface area contributed by atoms with Gasteiger partial charge in [-0.25, -0.2) is 0 Å². The number of hydroxylamine groups is 1. The Morgan fingerprint density at radius 1 is 1.20 bits per heavy atom. The summed E-state index contributed by atoms with van der Waals surface area (Å²) in [5, 5.41) is 0. The van der Waals surface area contributed by atoms with Crippen LogP contribution in [0, 0.1) is 0 Å². The summed E-state index contributed by atoms with van der Waals surface area (Å²) < 4.78 is 27.4. The summed E-state index contributed by atoms with van der Waals surface area (Å²) in [5.74, 6) is 0.0963. The number of rotatable bonds is 9. The van der Waals surface area contributed by atoms with Crippen molar-refractivity contribution in [3.63, 3.8) is 0 Å². The van der Waals surface area contributed by atoms with Crippen LogP contribution >= 0.6 is 0 Å². The van der Waals surface area contributed by atoms with Crippen LogP contribution in [0.3, 0.4) is 0 Å². The fourth-order valence-electron chi connectivity index (χ4n) is 1.20. The minimum atomic E-state index is -3.38. The number of hydrogen-bond donors (Lipinski definition) is 1. The maximum atomic E-state index is 11.3. The molecule has 1 unspecified atom stereocenters. The largest absolute Gasteiger partial charge is 0.283 e. The van der Waals surface area contributed by atoms with Crippen molar-refractivity contribution in [3.8, 4) is 0 Å². The van der Waals surface area contributed by atoms with Gasteiger partial charge in [0.05, 0.1) is 5.75 Å². The molecular formula is C10H23NO3S. The highest BCUT2D eigenvalue weighted by Gasteiger charge is 2.13. The van der Waals surface area contributed by atoms with E-state index in [1.165, 1.54) is 0 Å². The zero-order chi connectivity index (χ0) is 11.7. The van der Waals surface area contributed by atoms with E-state index in [1.807, 2.05) is 13.8 Å². The Bertz CT molecular complexity index is 239. The molecule has 0 aliphatic heterocycles. The van der Waals surface area contributed by atoms with Crippen molar-refractivity contribution in [3.05, 3.63) is 0 Å². The Hall–Kier alpha value is -0.130. The van der Waals surface area contributed by atoms with Gasteiger partial charge in [-0.2, -0.15) is 18.2 Å².